The molecule has 166 valence electrons. The predicted molar refractivity (Wildman–Crippen MR) is 121 cm³/mol. The lowest BCUT2D eigenvalue weighted by molar-refractivity contribution is -0.125. The SMILES string of the molecule is O=C(NCCn1ccnc1)C1CCc2nc(-c3ccccc3)nc(OCC3CC3)c2CC1. The average Bonchev–Trinajstić information content (AvgIpc) is 3.56. The monoisotopic (exact) mass is 431 g/mol. The van der Waals surface area contributed by atoms with Crippen molar-refractivity contribution in [2.45, 2.75) is 45.1 Å². The molecule has 1 amide bonds. The van der Waals surface area contributed by atoms with Gasteiger partial charge in [-0.15, -0.1) is 0 Å². The maximum atomic E-state index is 12.8. The van der Waals surface area contributed by atoms with E-state index in [2.05, 4.69) is 10.3 Å². The molecular weight excluding hydrogens is 402 g/mol. The van der Waals surface area contributed by atoms with Gasteiger partial charge in [-0.05, 0) is 44.4 Å². The molecule has 7 heteroatoms. The van der Waals surface area contributed by atoms with Crippen LogP contribution in [-0.2, 0) is 24.2 Å². The second kappa shape index (κ2) is 9.51. The Balaban J connectivity index is 1.29. The van der Waals surface area contributed by atoms with Crippen LogP contribution in [0.15, 0.2) is 49.1 Å². The van der Waals surface area contributed by atoms with Gasteiger partial charge in [0.1, 0.15) is 0 Å². The molecule has 0 spiro atoms. The Morgan fingerprint density at radius 2 is 1.94 bits per heavy atom. The second-order valence-electron chi connectivity index (χ2n) is 8.76. The lowest BCUT2D eigenvalue weighted by atomic mass is 9.99. The van der Waals surface area contributed by atoms with Gasteiger partial charge in [0.15, 0.2) is 5.82 Å². The van der Waals surface area contributed by atoms with Crippen LogP contribution in [0, 0.1) is 11.8 Å². The summed E-state index contributed by atoms with van der Waals surface area (Å²) in [5, 5.41) is 3.09. The average molecular weight is 432 g/mol. The van der Waals surface area contributed by atoms with Crippen molar-refractivity contribution in [3.05, 3.63) is 60.3 Å². The molecule has 1 aromatic carbocycles. The number of benzene rings is 1. The number of amides is 1. The van der Waals surface area contributed by atoms with Crippen molar-refractivity contribution >= 4 is 5.91 Å². The maximum absolute atomic E-state index is 12.8. The highest BCUT2D eigenvalue weighted by molar-refractivity contribution is 5.78. The topological polar surface area (TPSA) is 81.9 Å². The molecule has 0 radical (unpaired) electrons. The van der Waals surface area contributed by atoms with Crippen molar-refractivity contribution in [2.24, 2.45) is 11.8 Å². The first kappa shape index (κ1) is 20.7. The first-order valence-corrected chi connectivity index (χ1v) is 11.6. The van der Waals surface area contributed by atoms with Gasteiger partial charge in [0.25, 0.3) is 0 Å². The number of fused-ring (bicyclic) bond motifs is 1. The third-order valence-electron chi connectivity index (χ3n) is 6.31. The highest BCUT2D eigenvalue weighted by Gasteiger charge is 2.28. The summed E-state index contributed by atoms with van der Waals surface area (Å²) in [6.07, 6.45) is 11.0. The maximum Gasteiger partial charge on any atom is 0.223 e. The highest BCUT2D eigenvalue weighted by atomic mass is 16.5. The van der Waals surface area contributed by atoms with Crippen molar-refractivity contribution < 1.29 is 9.53 Å². The summed E-state index contributed by atoms with van der Waals surface area (Å²) in [4.78, 5) is 26.6. The number of imidazole rings is 1. The Labute approximate surface area is 188 Å². The summed E-state index contributed by atoms with van der Waals surface area (Å²) >= 11 is 0. The summed E-state index contributed by atoms with van der Waals surface area (Å²) < 4.78 is 8.15. The quantitative estimate of drug-likeness (QED) is 0.553. The molecule has 1 fully saturated rings. The summed E-state index contributed by atoms with van der Waals surface area (Å²) in [7, 11) is 0. The number of hydrogen-bond acceptors (Lipinski definition) is 5. The molecule has 1 N–H and O–H groups in total. The first-order valence-electron chi connectivity index (χ1n) is 11.6. The van der Waals surface area contributed by atoms with E-state index in [-0.39, 0.29) is 11.8 Å². The van der Waals surface area contributed by atoms with Crippen molar-refractivity contribution in [2.75, 3.05) is 13.2 Å². The molecule has 0 bridgehead atoms. The fourth-order valence-corrected chi connectivity index (χ4v) is 4.19. The molecule has 1 atom stereocenters. The highest BCUT2D eigenvalue weighted by Crippen LogP contribution is 2.34. The van der Waals surface area contributed by atoms with E-state index >= 15 is 0 Å². The van der Waals surface area contributed by atoms with Gasteiger partial charge in [-0.2, -0.15) is 4.98 Å². The van der Waals surface area contributed by atoms with Crippen molar-refractivity contribution in [1.82, 2.24) is 24.8 Å². The van der Waals surface area contributed by atoms with Crippen LogP contribution in [-0.4, -0.2) is 38.6 Å². The largest absolute Gasteiger partial charge is 0.477 e. The molecule has 0 aliphatic heterocycles. The number of rotatable bonds is 8. The van der Waals surface area contributed by atoms with Gasteiger partial charge in [0.05, 0.1) is 18.6 Å². The number of aryl methyl sites for hydroxylation is 1. The Kier molecular flexibility index (Phi) is 6.14. The van der Waals surface area contributed by atoms with Crippen molar-refractivity contribution in [1.29, 1.82) is 0 Å². The van der Waals surface area contributed by atoms with Crippen LogP contribution in [0.4, 0.5) is 0 Å². The second-order valence-corrected chi connectivity index (χ2v) is 8.76. The van der Waals surface area contributed by atoms with Gasteiger partial charge < -0.3 is 14.6 Å². The van der Waals surface area contributed by atoms with Crippen LogP contribution in [0.2, 0.25) is 0 Å². The van der Waals surface area contributed by atoms with Gasteiger partial charge in [-0.3, -0.25) is 4.79 Å². The van der Waals surface area contributed by atoms with Gasteiger partial charge in [-0.25, -0.2) is 9.97 Å². The molecule has 5 rings (SSSR count). The molecule has 0 saturated heterocycles. The summed E-state index contributed by atoms with van der Waals surface area (Å²) in [5.41, 5.74) is 3.10. The molecule has 7 nitrogen and oxygen atoms in total. The van der Waals surface area contributed by atoms with E-state index in [1.165, 1.54) is 12.8 Å². The molecule has 2 aliphatic rings. The third kappa shape index (κ3) is 4.98. The van der Waals surface area contributed by atoms with Gasteiger partial charge >= 0.3 is 0 Å². The number of hydrogen-bond donors (Lipinski definition) is 1. The van der Waals surface area contributed by atoms with Crippen LogP contribution < -0.4 is 10.1 Å². The lowest BCUT2D eigenvalue weighted by Gasteiger charge is -2.14. The summed E-state index contributed by atoms with van der Waals surface area (Å²) in [5.74, 6) is 2.17. The zero-order valence-corrected chi connectivity index (χ0v) is 18.2. The Hall–Kier alpha value is -3.22. The number of ether oxygens (including phenoxy) is 1. The third-order valence-corrected chi connectivity index (χ3v) is 6.31. The van der Waals surface area contributed by atoms with E-state index in [0.717, 1.165) is 55.7 Å². The molecule has 2 aromatic heterocycles. The van der Waals surface area contributed by atoms with Gasteiger partial charge in [0.2, 0.25) is 11.8 Å². The van der Waals surface area contributed by atoms with E-state index in [9.17, 15) is 4.79 Å². The standard InChI is InChI=1S/C25H29N5O2/c31-24(27-13-15-30-14-12-26-17-30)20-8-10-21-22(11-9-20)28-23(19-4-2-1-3-5-19)29-25(21)32-16-18-6-7-18/h1-5,12,14,17-18,20H,6-11,13,15-16H2,(H,27,31). The molecule has 32 heavy (non-hydrogen) atoms. The predicted octanol–water partition coefficient (Wildman–Crippen LogP) is 3.44. The number of carbonyl (C=O) groups is 1. The normalized spacial score (nSPS) is 17.9. The van der Waals surface area contributed by atoms with Crippen LogP contribution in [0.3, 0.4) is 0 Å². The lowest BCUT2D eigenvalue weighted by Crippen LogP contribution is -2.33. The van der Waals surface area contributed by atoms with Crippen LogP contribution in [0.25, 0.3) is 11.4 Å². The fourth-order valence-electron chi connectivity index (χ4n) is 4.19. The minimum atomic E-state index is -0.0246. The van der Waals surface area contributed by atoms with Crippen LogP contribution >= 0.6 is 0 Å². The number of carbonyl (C=O) groups excluding carboxylic acids is 1. The van der Waals surface area contributed by atoms with E-state index in [1.54, 1.807) is 12.5 Å². The van der Waals surface area contributed by atoms with E-state index in [4.69, 9.17) is 14.7 Å². The van der Waals surface area contributed by atoms with Crippen LogP contribution in [0.5, 0.6) is 5.88 Å². The van der Waals surface area contributed by atoms with Crippen molar-refractivity contribution in [3.8, 4) is 17.3 Å². The van der Waals surface area contributed by atoms with Gasteiger partial charge in [0, 0.05) is 42.5 Å². The van der Waals surface area contributed by atoms with Crippen molar-refractivity contribution in [3.63, 3.8) is 0 Å². The number of nitrogens with zero attached hydrogens (tertiary/aromatic N) is 4. The van der Waals surface area contributed by atoms with Gasteiger partial charge in [-0.1, -0.05) is 30.3 Å². The van der Waals surface area contributed by atoms with Crippen LogP contribution in [0.1, 0.15) is 36.9 Å². The zero-order chi connectivity index (χ0) is 21.8. The number of nitrogens with one attached hydrogen (secondary N) is 1. The van der Waals surface area contributed by atoms with E-state index in [0.29, 0.717) is 24.2 Å². The van der Waals surface area contributed by atoms with E-state index < -0.39 is 0 Å². The minimum absolute atomic E-state index is 0.0246. The Morgan fingerprint density at radius 3 is 2.72 bits per heavy atom. The molecule has 2 heterocycles. The summed E-state index contributed by atoms with van der Waals surface area (Å²) in [6.45, 7) is 2.05. The van der Waals surface area contributed by atoms with E-state index in [1.807, 2.05) is 41.1 Å². The summed E-state index contributed by atoms with van der Waals surface area (Å²) in [6, 6.07) is 10.0. The molecule has 2 aliphatic carbocycles. The Bertz CT molecular complexity index is 1050. The minimum Gasteiger partial charge on any atom is -0.477 e. The molecular formula is C25H29N5O2. The smallest absolute Gasteiger partial charge is 0.223 e. The molecule has 1 saturated carbocycles. The molecule has 3 aromatic rings. The first-order chi connectivity index (χ1) is 15.8. The fraction of sp³-hybridized carbons (Fsp3) is 0.440. The number of aromatic nitrogens is 4. The zero-order valence-electron chi connectivity index (χ0n) is 18.2. The molecule has 1 unspecified atom stereocenters. The Morgan fingerprint density at radius 1 is 1.09 bits per heavy atom.